The van der Waals surface area contributed by atoms with Crippen molar-refractivity contribution in [3.63, 3.8) is 0 Å². The van der Waals surface area contributed by atoms with E-state index in [1.165, 1.54) is 0 Å². The van der Waals surface area contributed by atoms with Crippen LogP contribution in [0, 0.1) is 0 Å². The summed E-state index contributed by atoms with van der Waals surface area (Å²) in [5.41, 5.74) is 0. The zero-order valence-corrected chi connectivity index (χ0v) is 11.2. The van der Waals surface area contributed by atoms with Gasteiger partial charge in [-0.05, 0) is 0 Å². The molecular formula is C8H11BrN2O2S2. The average Bonchev–Trinajstić information content (AvgIpc) is 2.72. The molecule has 0 amide bonds. The quantitative estimate of drug-likeness (QED) is 0.655. The van der Waals surface area contributed by atoms with E-state index < -0.39 is 9.84 Å². The first-order valence-corrected chi connectivity index (χ1v) is 8.69. The lowest BCUT2D eigenvalue weighted by atomic mass is 10.2. The van der Waals surface area contributed by atoms with Crippen LogP contribution < -0.4 is 0 Å². The number of halogens is 1. The summed E-state index contributed by atoms with van der Waals surface area (Å²) in [4.78, 5) is 6.70. The Morgan fingerprint density at radius 1 is 1.53 bits per heavy atom. The summed E-state index contributed by atoms with van der Waals surface area (Å²) in [7, 11) is -2.84. The smallest absolute Gasteiger partial charge is 0.160 e. The standard InChI is InChI=1S/C8H11BrN2O2S2/c9-1-5-2-11-7-4-15(12,13)3-6(7)10-8(11)14-5/h5-7H,1-4H2/t5-,6+,7-/m1/s1. The highest BCUT2D eigenvalue weighted by molar-refractivity contribution is 9.09. The van der Waals surface area contributed by atoms with Gasteiger partial charge in [0.15, 0.2) is 15.0 Å². The Labute approximate surface area is 102 Å². The number of thioether (sulfide) groups is 1. The Balaban J connectivity index is 1.86. The van der Waals surface area contributed by atoms with Crippen molar-refractivity contribution in [3.8, 4) is 0 Å². The third kappa shape index (κ3) is 1.63. The molecule has 4 nitrogen and oxygen atoms in total. The van der Waals surface area contributed by atoms with Crippen LogP contribution >= 0.6 is 27.7 Å². The van der Waals surface area contributed by atoms with Gasteiger partial charge < -0.3 is 4.90 Å². The molecule has 3 rings (SSSR count). The van der Waals surface area contributed by atoms with Crippen LogP contribution in [0.2, 0.25) is 0 Å². The fourth-order valence-corrected chi connectivity index (χ4v) is 6.00. The topological polar surface area (TPSA) is 49.7 Å². The minimum Gasteiger partial charge on any atom is -0.344 e. The van der Waals surface area contributed by atoms with E-state index in [0.717, 1.165) is 17.0 Å². The molecule has 0 bridgehead atoms. The predicted octanol–water partition coefficient (Wildman–Crippen LogP) is 0.334. The lowest BCUT2D eigenvalue weighted by Gasteiger charge is -2.20. The summed E-state index contributed by atoms with van der Waals surface area (Å²) in [6.07, 6.45) is 0. The first-order valence-electron chi connectivity index (χ1n) is 4.86. The Kier molecular flexibility index (Phi) is 2.34. The second kappa shape index (κ2) is 3.37. The van der Waals surface area contributed by atoms with E-state index >= 15 is 0 Å². The lowest BCUT2D eigenvalue weighted by molar-refractivity contribution is 0.361. The molecule has 0 aromatic carbocycles. The van der Waals surface area contributed by atoms with E-state index in [1.54, 1.807) is 11.8 Å². The van der Waals surface area contributed by atoms with Crippen LogP contribution in [-0.4, -0.2) is 59.2 Å². The molecule has 3 aliphatic rings. The maximum Gasteiger partial charge on any atom is 0.160 e. The maximum atomic E-state index is 11.5. The van der Waals surface area contributed by atoms with E-state index in [2.05, 4.69) is 25.8 Å². The number of amidine groups is 1. The molecule has 2 saturated heterocycles. The van der Waals surface area contributed by atoms with Gasteiger partial charge in [-0.2, -0.15) is 0 Å². The van der Waals surface area contributed by atoms with Gasteiger partial charge in [-0.3, -0.25) is 4.99 Å². The van der Waals surface area contributed by atoms with Crippen LogP contribution in [0.5, 0.6) is 0 Å². The molecule has 0 saturated carbocycles. The van der Waals surface area contributed by atoms with E-state index in [4.69, 9.17) is 0 Å². The van der Waals surface area contributed by atoms with Gasteiger partial charge in [0.1, 0.15) is 0 Å². The lowest BCUT2D eigenvalue weighted by Crippen LogP contribution is -2.38. The van der Waals surface area contributed by atoms with Gasteiger partial charge in [0.25, 0.3) is 0 Å². The van der Waals surface area contributed by atoms with Gasteiger partial charge in [-0.15, -0.1) is 0 Å². The molecule has 3 atom stereocenters. The molecule has 2 fully saturated rings. The van der Waals surface area contributed by atoms with Crippen molar-refractivity contribution in [1.82, 2.24) is 4.90 Å². The zero-order chi connectivity index (χ0) is 10.6. The molecule has 3 heterocycles. The third-order valence-corrected chi connectivity index (χ3v) is 7.17. The Morgan fingerprint density at radius 2 is 2.33 bits per heavy atom. The van der Waals surface area contributed by atoms with Gasteiger partial charge in [0.05, 0.1) is 23.6 Å². The van der Waals surface area contributed by atoms with E-state index in [0.29, 0.717) is 11.0 Å². The number of aliphatic imine (C=N–C) groups is 1. The minimum absolute atomic E-state index is 0.00813. The molecule has 0 unspecified atom stereocenters. The Morgan fingerprint density at radius 3 is 3.07 bits per heavy atom. The van der Waals surface area contributed by atoms with Crippen LogP contribution in [-0.2, 0) is 9.84 Å². The van der Waals surface area contributed by atoms with E-state index in [1.807, 2.05) is 0 Å². The summed E-state index contributed by atoms with van der Waals surface area (Å²) in [6.45, 7) is 0.936. The van der Waals surface area contributed by atoms with Gasteiger partial charge in [-0.25, -0.2) is 8.42 Å². The first-order chi connectivity index (χ1) is 7.09. The fraction of sp³-hybridized carbons (Fsp3) is 0.875. The minimum atomic E-state index is -2.84. The average molecular weight is 311 g/mol. The maximum absolute atomic E-state index is 11.5. The van der Waals surface area contributed by atoms with Crippen molar-refractivity contribution in [2.75, 3.05) is 23.4 Å². The van der Waals surface area contributed by atoms with Gasteiger partial charge >= 0.3 is 0 Å². The van der Waals surface area contributed by atoms with Gasteiger partial charge in [0.2, 0.25) is 0 Å². The van der Waals surface area contributed by atoms with E-state index in [9.17, 15) is 8.42 Å². The molecule has 15 heavy (non-hydrogen) atoms. The molecule has 0 aliphatic carbocycles. The molecule has 0 N–H and O–H groups in total. The molecule has 0 spiro atoms. The van der Waals surface area contributed by atoms with Gasteiger partial charge in [-0.1, -0.05) is 27.7 Å². The van der Waals surface area contributed by atoms with Crippen molar-refractivity contribution in [2.24, 2.45) is 4.99 Å². The number of fused-ring (bicyclic) bond motifs is 3. The number of nitrogens with zero attached hydrogens (tertiary/aromatic N) is 2. The molecule has 0 radical (unpaired) electrons. The summed E-state index contributed by atoms with van der Waals surface area (Å²) in [6, 6.07) is 0.135. The number of rotatable bonds is 1. The number of sulfone groups is 1. The Bertz CT molecular complexity index is 422. The van der Waals surface area contributed by atoms with Crippen LogP contribution in [0.25, 0.3) is 0 Å². The van der Waals surface area contributed by atoms with Crippen LogP contribution in [0.4, 0.5) is 0 Å². The first kappa shape index (κ1) is 10.4. The molecule has 7 heteroatoms. The molecule has 0 aromatic rings. The summed E-state index contributed by atoms with van der Waals surface area (Å²) < 4.78 is 22.9. The van der Waals surface area contributed by atoms with Crippen molar-refractivity contribution < 1.29 is 8.42 Å². The number of alkyl halides is 1. The fourth-order valence-electron chi connectivity index (χ4n) is 2.39. The summed E-state index contributed by atoms with van der Waals surface area (Å²) in [5.74, 6) is 0.539. The molecule has 3 aliphatic heterocycles. The summed E-state index contributed by atoms with van der Waals surface area (Å²) >= 11 is 5.23. The largest absolute Gasteiger partial charge is 0.344 e. The van der Waals surface area contributed by atoms with E-state index in [-0.39, 0.29) is 17.8 Å². The molecular weight excluding hydrogens is 300 g/mol. The predicted molar refractivity (Wildman–Crippen MR) is 65.5 cm³/mol. The van der Waals surface area contributed by atoms with Crippen LogP contribution in [0.3, 0.4) is 0 Å². The normalized spacial score (nSPS) is 41.5. The second-order valence-electron chi connectivity index (χ2n) is 4.17. The Hall–Kier alpha value is 0.250. The van der Waals surface area contributed by atoms with Crippen molar-refractivity contribution in [2.45, 2.75) is 17.3 Å². The SMILES string of the molecule is O=S1(=O)C[C@@H]2N=C3S[C@H](CBr)CN3[C@@H]2C1. The molecule has 84 valence electrons. The van der Waals surface area contributed by atoms with Crippen LogP contribution in [0.15, 0.2) is 4.99 Å². The highest BCUT2D eigenvalue weighted by Crippen LogP contribution is 2.38. The second-order valence-corrected chi connectivity index (χ2v) is 8.24. The third-order valence-electron chi connectivity index (χ3n) is 3.06. The molecule has 0 aromatic heterocycles. The monoisotopic (exact) mass is 310 g/mol. The van der Waals surface area contributed by atoms with Gasteiger partial charge in [0, 0.05) is 17.1 Å². The van der Waals surface area contributed by atoms with Crippen molar-refractivity contribution in [3.05, 3.63) is 0 Å². The van der Waals surface area contributed by atoms with Crippen molar-refractivity contribution >= 4 is 42.7 Å². The number of hydrogen-bond donors (Lipinski definition) is 0. The van der Waals surface area contributed by atoms with Crippen molar-refractivity contribution in [1.29, 1.82) is 0 Å². The highest BCUT2D eigenvalue weighted by atomic mass is 79.9. The van der Waals surface area contributed by atoms with Crippen LogP contribution in [0.1, 0.15) is 0 Å². The highest BCUT2D eigenvalue weighted by Gasteiger charge is 2.49. The summed E-state index contributed by atoms with van der Waals surface area (Å²) in [5, 5.41) is 2.52. The number of hydrogen-bond acceptors (Lipinski definition) is 5. The zero-order valence-electron chi connectivity index (χ0n) is 7.97.